The van der Waals surface area contributed by atoms with Crippen molar-refractivity contribution in [3.8, 4) is 0 Å². The van der Waals surface area contributed by atoms with Crippen LogP contribution in [0.1, 0.15) is 103 Å². The molecule has 1 aromatic rings. The van der Waals surface area contributed by atoms with Crippen LogP contribution in [-0.4, -0.2) is 56.2 Å². The Balaban J connectivity index is 1.53. The van der Waals surface area contributed by atoms with Crippen LogP contribution in [0, 0.1) is 0 Å². The molecule has 0 radical (unpaired) electrons. The lowest BCUT2D eigenvalue weighted by Gasteiger charge is -2.17. The first-order chi connectivity index (χ1) is 17.7. The SMILES string of the molecule is CCCCCCCCCCCCCCCCOP(=O)(O)OC[C@H]1O[C@@H](n2ccc(=O)[nH]c2=O)[C@H](O)[C@@H]1O. The summed E-state index contributed by atoms with van der Waals surface area (Å²) in [7, 11) is -4.37. The Hall–Kier alpha value is -1.33. The molecule has 2 heterocycles. The zero-order valence-corrected chi connectivity index (χ0v) is 22.9. The molecule has 4 N–H and O–H groups in total. The second-order valence-electron chi connectivity index (χ2n) is 9.76. The van der Waals surface area contributed by atoms with Crippen LogP contribution in [0.2, 0.25) is 0 Å². The Morgan fingerprint density at radius 3 is 1.97 bits per heavy atom. The number of nitrogens with one attached hydrogen (secondary N) is 1. The summed E-state index contributed by atoms with van der Waals surface area (Å²) < 4.78 is 28.4. The minimum atomic E-state index is -4.37. The summed E-state index contributed by atoms with van der Waals surface area (Å²) in [4.78, 5) is 35.1. The number of aromatic nitrogens is 2. The zero-order valence-electron chi connectivity index (χ0n) is 22.0. The molecule has 1 saturated heterocycles. The molecule has 1 fully saturated rings. The molecular weight excluding hydrogens is 503 g/mol. The number of hydrogen-bond donors (Lipinski definition) is 4. The molecule has 1 aliphatic rings. The van der Waals surface area contributed by atoms with E-state index >= 15 is 0 Å². The Labute approximate surface area is 218 Å². The monoisotopic (exact) mass is 548 g/mol. The van der Waals surface area contributed by atoms with Gasteiger partial charge in [-0.2, -0.15) is 0 Å². The summed E-state index contributed by atoms with van der Waals surface area (Å²) >= 11 is 0. The molecule has 12 heteroatoms. The fourth-order valence-corrected chi connectivity index (χ4v) is 5.18. The van der Waals surface area contributed by atoms with E-state index in [0.717, 1.165) is 36.1 Å². The van der Waals surface area contributed by atoms with Gasteiger partial charge in [0.1, 0.15) is 18.3 Å². The van der Waals surface area contributed by atoms with Gasteiger partial charge >= 0.3 is 13.5 Å². The van der Waals surface area contributed by atoms with E-state index in [9.17, 15) is 29.3 Å². The van der Waals surface area contributed by atoms with E-state index < -0.39 is 50.2 Å². The largest absolute Gasteiger partial charge is 0.472 e. The van der Waals surface area contributed by atoms with Gasteiger partial charge in [0.25, 0.3) is 5.56 Å². The molecule has 5 atom stereocenters. The molecule has 0 spiro atoms. The molecule has 1 aliphatic heterocycles. The summed E-state index contributed by atoms with van der Waals surface area (Å²) in [5, 5.41) is 20.4. The summed E-state index contributed by atoms with van der Waals surface area (Å²) in [6.07, 6.45) is 12.5. The normalized spacial score (nSPS) is 23.4. The Morgan fingerprint density at radius 1 is 0.892 bits per heavy atom. The molecule has 0 bridgehead atoms. The number of aliphatic hydroxyl groups is 2. The van der Waals surface area contributed by atoms with E-state index in [1.807, 2.05) is 4.98 Å². The van der Waals surface area contributed by atoms with Gasteiger partial charge in [0, 0.05) is 12.3 Å². The Bertz CT molecular complexity index is 922. The van der Waals surface area contributed by atoms with Crippen LogP contribution < -0.4 is 11.2 Å². The third-order valence-corrected chi connectivity index (χ3v) is 7.60. The van der Waals surface area contributed by atoms with Crippen molar-refractivity contribution in [3.05, 3.63) is 33.1 Å². The van der Waals surface area contributed by atoms with Crippen LogP contribution in [0.15, 0.2) is 21.9 Å². The summed E-state index contributed by atoms with van der Waals surface area (Å²) in [5.74, 6) is 0. The first-order valence-corrected chi connectivity index (χ1v) is 15.2. The first-order valence-electron chi connectivity index (χ1n) is 13.7. The molecule has 11 nitrogen and oxygen atoms in total. The molecule has 0 aromatic carbocycles. The van der Waals surface area contributed by atoms with Crippen LogP contribution in [-0.2, 0) is 18.3 Å². The maximum absolute atomic E-state index is 12.2. The van der Waals surface area contributed by atoms with E-state index in [1.54, 1.807) is 0 Å². The smallest absolute Gasteiger partial charge is 0.387 e. The zero-order chi connectivity index (χ0) is 27.1. The predicted molar refractivity (Wildman–Crippen MR) is 139 cm³/mol. The number of phosphoric acid groups is 1. The molecule has 1 aromatic heterocycles. The fraction of sp³-hybridized carbons (Fsp3) is 0.840. The second kappa shape index (κ2) is 17.3. The average Bonchev–Trinajstić information content (AvgIpc) is 3.13. The summed E-state index contributed by atoms with van der Waals surface area (Å²) in [6.45, 7) is 1.78. The van der Waals surface area contributed by atoms with Crippen LogP contribution in [0.25, 0.3) is 0 Å². The quantitative estimate of drug-likeness (QED) is 0.140. The maximum atomic E-state index is 12.2. The van der Waals surface area contributed by atoms with Crippen molar-refractivity contribution in [3.63, 3.8) is 0 Å². The van der Waals surface area contributed by atoms with E-state index in [4.69, 9.17) is 13.8 Å². The number of hydrogen-bond acceptors (Lipinski definition) is 8. The van der Waals surface area contributed by atoms with E-state index in [1.165, 1.54) is 64.2 Å². The van der Waals surface area contributed by atoms with Gasteiger partial charge in [0.15, 0.2) is 6.23 Å². The lowest BCUT2D eigenvalue weighted by molar-refractivity contribution is -0.0552. The van der Waals surface area contributed by atoms with Crippen molar-refractivity contribution in [2.24, 2.45) is 0 Å². The highest BCUT2D eigenvalue weighted by Crippen LogP contribution is 2.44. The van der Waals surface area contributed by atoms with E-state index in [-0.39, 0.29) is 6.61 Å². The van der Waals surface area contributed by atoms with Gasteiger partial charge in [-0.15, -0.1) is 0 Å². The van der Waals surface area contributed by atoms with Gasteiger partial charge in [-0.3, -0.25) is 23.4 Å². The fourth-order valence-electron chi connectivity index (χ4n) is 4.41. The molecule has 0 saturated carbocycles. The summed E-state index contributed by atoms with van der Waals surface area (Å²) in [5.41, 5.74) is -1.44. The van der Waals surface area contributed by atoms with Crippen molar-refractivity contribution in [1.82, 2.24) is 9.55 Å². The molecule has 0 aliphatic carbocycles. The summed E-state index contributed by atoms with van der Waals surface area (Å²) in [6, 6.07) is 1.07. The Morgan fingerprint density at radius 2 is 1.43 bits per heavy atom. The molecular formula is C25H45N2O9P. The molecule has 1 unspecified atom stereocenters. The van der Waals surface area contributed by atoms with Crippen LogP contribution in [0.5, 0.6) is 0 Å². The average molecular weight is 549 g/mol. The van der Waals surface area contributed by atoms with Gasteiger partial charge in [0.05, 0.1) is 13.2 Å². The standard InChI is InChI=1S/C25H45N2O9P/c1-2-3-4-5-6-7-8-9-10-11-12-13-14-15-18-34-37(32,33)35-19-20-22(29)23(30)24(36-20)27-17-16-21(28)26-25(27)31/h16-17,20,22-24,29-30H,2-15,18-19H2,1H3,(H,32,33)(H,26,28,31)/t20-,22-,23-,24-/m1/s1. The highest BCUT2D eigenvalue weighted by Gasteiger charge is 2.45. The predicted octanol–water partition coefficient (Wildman–Crippen LogP) is 3.77. The van der Waals surface area contributed by atoms with Gasteiger partial charge < -0.3 is 19.8 Å². The van der Waals surface area contributed by atoms with E-state index in [0.29, 0.717) is 6.42 Å². The number of H-pyrrole nitrogens is 1. The van der Waals surface area contributed by atoms with Crippen LogP contribution >= 0.6 is 7.82 Å². The third-order valence-electron chi connectivity index (χ3n) is 6.62. The molecule has 0 amide bonds. The second-order valence-corrected chi connectivity index (χ2v) is 11.2. The van der Waals surface area contributed by atoms with Crippen molar-refractivity contribution in [1.29, 1.82) is 0 Å². The lowest BCUT2D eigenvalue weighted by atomic mass is 10.0. The van der Waals surface area contributed by atoms with E-state index in [2.05, 4.69) is 6.92 Å². The molecule has 2 rings (SSSR count). The number of nitrogens with zero attached hydrogens (tertiary/aromatic N) is 1. The number of aliphatic hydroxyl groups excluding tert-OH is 2. The maximum Gasteiger partial charge on any atom is 0.472 e. The minimum absolute atomic E-state index is 0.0674. The Kier molecular flexibility index (Phi) is 14.9. The van der Waals surface area contributed by atoms with Crippen LogP contribution in [0.3, 0.4) is 0 Å². The molecule has 214 valence electrons. The van der Waals surface area contributed by atoms with Crippen molar-refractivity contribution in [2.75, 3.05) is 13.2 Å². The van der Waals surface area contributed by atoms with Crippen molar-refractivity contribution >= 4 is 7.82 Å². The van der Waals surface area contributed by atoms with Gasteiger partial charge in [-0.1, -0.05) is 90.4 Å². The van der Waals surface area contributed by atoms with Gasteiger partial charge in [-0.05, 0) is 6.42 Å². The van der Waals surface area contributed by atoms with Crippen molar-refractivity contribution in [2.45, 2.75) is 121 Å². The number of unbranched alkanes of at least 4 members (excludes halogenated alkanes) is 13. The first kappa shape index (κ1) is 31.9. The number of phosphoric ester groups is 1. The minimum Gasteiger partial charge on any atom is -0.387 e. The highest BCUT2D eigenvalue weighted by molar-refractivity contribution is 7.47. The van der Waals surface area contributed by atoms with Gasteiger partial charge in [0.2, 0.25) is 0 Å². The topological polar surface area (TPSA) is 160 Å². The number of rotatable bonds is 20. The number of ether oxygens (including phenoxy) is 1. The molecule has 37 heavy (non-hydrogen) atoms. The van der Waals surface area contributed by atoms with Crippen LogP contribution in [0.4, 0.5) is 0 Å². The highest BCUT2D eigenvalue weighted by atomic mass is 31.2. The lowest BCUT2D eigenvalue weighted by Crippen LogP contribution is -2.37. The van der Waals surface area contributed by atoms with Crippen molar-refractivity contribution < 1.29 is 33.5 Å². The third kappa shape index (κ3) is 11.9. The van der Waals surface area contributed by atoms with Gasteiger partial charge in [-0.25, -0.2) is 9.36 Å². The number of aromatic amines is 1.